The molecule has 1 amide bonds. The van der Waals surface area contributed by atoms with Gasteiger partial charge in [0.15, 0.2) is 0 Å². The molecule has 1 aliphatic carbocycles. The molecule has 0 aromatic heterocycles. The highest BCUT2D eigenvalue weighted by Gasteiger charge is 2.45. The van der Waals surface area contributed by atoms with Crippen LogP contribution in [-0.2, 0) is 0 Å². The van der Waals surface area contributed by atoms with Crippen LogP contribution >= 0.6 is 15.9 Å². The van der Waals surface area contributed by atoms with E-state index in [-0.39, 0.29) is 11.5 Å². The SMILES string of the molecule is CC1(C)CC1CNC(=O)c1cccc(Br)c1F. The van der Waals surface area contributed by atoms with Crippen molar-refractivity contribution in [1.29, 1.82) is 0 Å². The van der Waals surface area contributed by atoms with E-state index in [1.807, 2.05) is 0 Å². The van der Waals surface area contributed by atoms with Crippen LogP contribution in [0.15, 0.2) is 22.7 Å². The van der Waals surface area contributed by atoms with E-state index in [4.69, 9.17) is 0 Å². The lowest BCUT2D eigenvalue weighted by molar-refractivity contribution is 0.0946. The smallest absolute Gasteiger partial charge is 0.254 e. The Morgan fingerprint density at radius 1 is 1.59 bits per heavy atom. The van der Waals surface area contributed by atoms with Crippen molar-refractivity contribution >= 4 is 21.8 Å². The van der Waals surface area contributed by atoms with E-state index in [9.17, 15) is 9.18 Å². The molecule has 1 fully saturated rings. The van der Waals surface area contributed by atoms with E-state index in [2.05, 4.69) is 35.1 Å². The van der Waals surface area contributed by atoms with Gasteiger partial charge in [0, 0.05) is 6.54 Å². The van der Waals surface area contributed by atoms with Gasteiger partial charge >= 0.3 is 0 Å². The summed E-state index contributed by atoms with van der Waals surface area (Å²) in [6, 6.07) is 4.73. The number of amides is 1. The van der Waals surface area contributed by atoms with Gasteiger partial charge < -0.3 is 5.32 Å². The molecule has 1 aromatic carbocycles. The van der Waals surface area contributed by atoms with E-state index in [0.717, 1.165) is 6.42 Å². The van der Waals surface area contributed by atoms with Crippen molar-refractivity contribution < 1.29 is 9.18 Å². The fourth-order valence-corrected chi connectivity index (χ4v) is 2.28. The predicted molar refractivity (Wildman–Crippen MR) is 68.3 cm³/mol. The minimum Gasteiger partial charge on any atom is -0.352 e. The van der Waals surface area contributed by atoms with Crippen LogP contribution in [0, 0.1) is 17.2 Å². The number of rotatable bonds is 3. The summed E-state index contributed by atoms with van der Waals surface area (Å²) in [6.07, 6.45) is 1.12. The van der Waals surface area contributed by atoms with E-state index in [1.165, 1.54) is 6.07 Å². The first-order valence-corrected chi connectivity index (χ1v) is 6.43. The zero-order valence-corrected chi connectivity index (χ0v) is 11.5. The van der Waals surface area contributed by atoms with Crippen LogP contribution in [-0.4, -0.2) is 12.5 Å². The molecule has 0 aliphatic heterocycles. The summed E-state index contributed by atoms with van der Waals surface area (Å²) in [4.78, 5) is 11.8. The highest BCUT2D eigenvalue weighted by molar-refractivity contribution is 9.10. The second kappa shape index (κ2) is 4.41. The Hall–Kier alpha value is -0.900. The molecule has 0 radical (unpaired) electrons. The molecule has 2 rings (SSSR count). The molecule has 4 heteroatoms. The normalized spacial score (nSPS) is 21.1. The van der Waals surface area contributed by atoms with E-state index >= 15 is 0 Å². The van der Waals surface area contributed by atoms with E-state index < -0.39 is 5.82 Å². The molecule has 1 unspecified atom stereocenters. The van der Waals surface area contributed by atoms with Crippen LogP contribution in [0.25, 0.3) is 0 Å². The zero-order chi connectivity index (χ0) is 12.6. The average molecular weight is 300 g/mol. The summed E-state index contributed by atoms with van der Waals surface area (Å²) in [5.41, 5.74) is 0.418. The number of halogens is 2. The first-order valence-electron chi connectivity index (χ1n) is 5.64. The van der Waals surface area contributed by atoms with E-state index in [0.29, 0.717) is 22.4 Å². The molecule has 0 bridgehead atoms. The lowest BCUT2D eigenvalue weighted by atomic mass is 10.1. The van der Waals surface area contributed by atoms with Crippen LogP contribution < -0.4 is 5.32 Å². The topological polar surface area (TPSA) is 29.1 Å². The molecule has 1 saturated carbocycles. The van der Waals surface area contributed by atoms with Gasteiger partial charge in [0.1, 0.15) is 5.82 Å². The number of carbonyl (C=O) groups is 1. The number of hydrogen-bond donors (Lipinski definition) is 1. The van der Waals surface area contributed by atoms with Crippen molar-refractivity contribution in [3.05, 3.63) is 34.1 Å². The maximum Gasteiger partial charge on any atom is 0.254 e. The van der Waals surface area contributed by atoms with Crippen LogP contribution in [0.3, 0.4) is 0 Å². The van der Waals surface area contributed by atoms with Crippen LogP contribution in [0.4, 0.5) is 4.39 Å². The second-order valence-corrected chi connectivity index (χ2v) is 6.06. The Morgan fingerprint density at radius 3 is 2.82 bits per heavy atom. The third-order valence-electron chi connectivity index (χ3n) is 3.42. The number of benzene rings is 1. The van der Waals surface area contributed by atoms with Crippen LogP contribution in [0.5, 0.6) is 0 Å². The van der Waals surface area contributed by atoms with Gasteiger partial charge in [0.05, 0.1) is 10.0 Å². The molecule has 17 heavy (non-hydrogen) atoms. The van der Waals surface area contributed by atoms with Gasteiger partial charge in [-0.2, -0.15) is 0 Å². The Morgan fingerprint density at radius 2 is 2.24 bits per heavy atom. The summed E-state index contributed by atoms with van der Waals surface area (Å²) in [5, 5.41) is 2.78. The van der Waals surface area contributed by atoms with Gasteiger partial charge in [0.2, 0.25) is 0 Å². The molecule has 1 aromatic rings. The maximum atomic E-state index is 13.6. The summed E-state index contributed by atoms with van der Waals surface area (Å²) in [5.74, 6) is -0.326. The van der Waals surface area contributed by atoms with Crippen LogP contribution in [0.1, 0.15) is 30.6 Å². The van der Waals surface area contributed by atoms with Gasteiger partial charge in [-0.25, -0.2) is 4.39 Å². The van der Waals surface area contributed by atoms with Gasteiger partial charge in [0.25, 0.3) is 5.91 Å². The van der Waals surface area contributed by atoms with Gasteiger partial charge in [-0.1, -0.05) is 19.9 Å². The molecular weight excluding hydrogens is 285 g/mol. The molecule has 1 aliphatic rings. The summed E-state index contributed by atoms with van der Waals surface area (Å²) >= 11 is 3.07. The fraction of sp³-hybridized carbons (Fsp3) is 0.462. The first-order chi connectivity index (χ1) is 7.92. The highest BCUT2D eigenvalue weighted by Crippen LogP contribution is 2.50. The molecule has 2 nitrogen and oxygen atoms in total. The largest absolute Gasteiger partial charge is 0.352 e. The number of hydrogen-bond acceptors (Lipinski definition) is 1. The van der Waals surface area contributed by atoms with Crippen molar-refractivity contribution in [2.75, 3.05) is 6.54 Å². The maximum absolute atomic E-state index is 13.6. The minimum absolute atomic E-state index is 0.0952. The lowest BCUT2D eigenvalue weighted by Gasteiger charge is -2.07. The van der Waals surface area contributed by atoms with Gasteiger partial charge in [-0.05, 0) is 45.8 Å². The van der Waals surface area contributed by atoms with Crippen LogP contribution in [0.2, 0.25) is 0 Å². The van der Waals surface area contributed by atoms with Crippen molar-refractivity contribution in [2.24, 2.45) is 11.3 Å². The van der Waals surface area contributed by atoms with Crippen molar-refractivity contribution in [3.8, 4) is 0 Å². The summed E-state index contributed by atoms with van der Waals surface area (Å²) in [7, 11) is 0. The lowest BCUT2D eigenvalue weighted by Crippen LogP contribution is -2.27. The molecular formula is C13H15BrFNO. The van der Waals surface area contributed by atoms with Crippen molar-refractivity contribution in [2.45, 2.75) is 20.3 Å². The van der Waals surface area contributed by atoms with Crippen molar-refractivity contribution in [1.82, 2.24) is 5.32 Å². The standard InChI is InChI=1S/C13H15BrFNO/c1-13(2)6-8(13)7-16-12(17)9-4-3-5-10(14)11(9)15/h3-5,8H,6-7H2,1-2H3,(H,16,17). The molecule has 1 N–H and O–H groups in total. The average Bonchev–Trinajstić information content (AvgIpc) is 2.87. The summed E-state index contributed by atoms with van der Waals surface area (Å²) in [6.45, 7) is 4.96. The Bertz CT molecular complexity index is 459. The Labute approximate surface area is 109 Å². The predicted octanol–water partition coefficient (Wildman–Crippen LogP) is 3.36. The fourth-order valence-electron chi connectivity index (χ4n) is 1.91. The number of nitrogens with one attached hydrogen (secondary N) is 1. The quantitative estimate of drug-likeness (QED) is 0.911. The molecule has 1 atom stereocenters. The third kappa shape index (κ3) is 2.68. The second-order valence-electron chi connectivity index (χ2n) is 5.20. The molecule has 92 valence electrons. The van der Waals surface area contributed by atoms with Gasteiger partial charge in [-0.3, -0.25) is 4.79 Å². The van der Waals surface area contributed by atoms with E-state index in [1.54, 1.807) is 12.1 Å². The van der Waals surface area contributed by atoms with Crippen molar-refractivity contribution in [3.63, 3.8) is 0 Å². The Balaban J connectivity index is 1.98. The minimum atomic E-state index is -0.500. The highest BCUT2D eigenvalue weighted by atomic mass is 79.9. The Kier molecular flexibility index (Phi) is 3.25. The molecule has 0 spiro atoms. The summed E-state index contributed by atoms with van der Waals surface area (Å²) < 4.78 is 14.0. The monoisotopic (exact) mass is 299 g/mol. The zero-order valence-electron chi connectivity index (χ0n) is 9.89. The first kappa shape index (κ1) is 12.6. The molecule has 0 heterocycles. The number of carbonyl (C=O) groups excluding carboxylic acids is 1. The van der Waals surface area contributed by atoms with Gasteiger partial charge in [-0.15, -0.1) is 0 Å². The molecule has 0 saturated heterocycles. The third-order valence-corrected chi connectivity index (χ3v) is 4.04.